The quantitative estimate of drug-likeness (QED) is 0.841. The number of halogens is 1. The summed E-state index contributed by atoms with van der Waals surface area (Å²) in [4.78, 5) is 0. The Labute approximate surface area is 115 Å². The van der Waals surface area contributed by atoms with Gasteiger partial charge in [0.1, 0.15) is 0 Å². The minimum Gasteiger partial charge on any atom is -0.314 e. The molecule has 1 aliphatic heterocycles. The van der Waals surface area contributed by atoms with Crippen LogP contribution in [0.3, 0.4) is 0 Å². The van der Waals surface area contributed by atoms with E-state index in [-0.39, 0.29) is 0 Å². The Hall–Kier alpha value is -0.790. The average Bonchev–Trinajstić information content (AvgIpc) is 2.34. The standard InChI is InChI=1S/C16H22ClN/c1-12-6-7-14(16(17)11-12)9-13(2)10-15-5-3-4-8-18-15/h6-7,9,11,15,18H,3-5,8,10H2,1-2H3/b13-9-. The lowest BCUT2D eigenvalue weighted by molar-refractivity contribution is 0.399. The summed E-state index contributed by atoms with van der Waals surface area (Å²) in [5.74, 6) is 0. The number of nitrogens with one attached hydrogen (secondary N) is 1. The summed E-state index contributed by atoms with van der Waals surface area (Å²) in [6.45, 7) is 5.44. The normalized spacial score (nSPS) is 21.1. The average molecular weight is 264 g/mol. The Morgan fingerprint density at radius 3 is 2.94 bits per heavy atom. The van der Waals surface area contributed by atoms with E-state index < -0.39 is 0 Å². The lowest BCUT2D eigenvalue weighted by Crippen LogP contribution is -2.33. The van der Waals surface area contributed by atoms with E-state index in [1.807, 2.05) is 6.07 Å². The molecule has 0 bridgehead atoms. The van der Waals surface area contributed by atoms with Gasteiger partial charge in [-0.3, -0.25) is 0 Å². The summed E-state index contributed by atoms with van der Waals surface area (Å²) < 4.78 is 0. The molecule has 1 aliphatic rings. The third kappa shape index (κ3) is 3.86. The predicted molar refractivity (Wildman–Crippen MR) is 80.1 cm³/mol. The van der Waals surface area contributed by atoms with E-state index in [0.717, 1.165) is 17.0 Å². The van der Waals surface area contributed by atoms with Crippen LogP contribution in [0.25, 0.3) is 6.08 Å². The fourth-order valence-electron chi connectivity index (χ4n) is 2.56. The number of hydrogen-bond acceptors (Lipinski definition) is 1. The molecule has 1 heterocycles. The minimum absolute atomic E-state index is 0.652. The number of piperidine rings is 1. The van der Waals surface area contributed by atoms with Crippen LogP contribution in [0.5, 0.6) is 0 Å². The van der Waals surface area contributed by atoms with E-state index in [2.05, 4.69) is 37.4 Å². The van der Waals surface area contributed by atoms with Crippen molar-refractivity contribution in [1.82, 2.24) is 5.32 Å². The summed E-state index contributed by atoms with van der Waals surface area (Å²) in [7, 11) is 0. The van der Waals surface area contributed by atoms with Gasteiger partial charge in [0, 0.05) is 11.1 Å². The van der Waals surface area contributed by atoms with Gasteiger partial charge in [-0.25, -0.2) is 0 Å². The third-order valence-electron chi connectivity index (χ3n) is 3.54. The molecule has 1 aromatic rings. The van der Waals surface area contributed by atoms with Crippen molar-refractivity contribution >= 4 is 17.7 Å². The lowest BCUT2D eigenvalue weighted by Gasteiger charge is -2.23. The van der Waals surface area contributed by atoms with Crippen LogP contribution in [0.15, 0.2) is 23.8 Å². The molecule has 1 aromatic carbocycles. The summed E-state index contributed by atoms with van der Waals surface area (Å²) in [5.41, 5.74) is 3.75. The topological polar surface area (TPSA) is 12.0 Å². The van der Waals surface area contributed by atoms with E-state index in [9.17, 15) is 0 Å². The summed E-state index contributed by atoms with van der Waals surface area (Å²) in [5, 5.41) is 4.44. The Kier molecular flexibility index (Phi) is 4.85. The van der Waals surface area contributed by atoms with E-state index in [0.29, 0.717) is 6.04 Å². The van der Waals surface area contributed by atoms with E-state index in [4.69, 9.17) is 11.6 Å². The maximum absolute atomic E-state index is 6.26. The molecule has 1 nitrogen and oxygen atoms in total. The van der Waals surface area contributed by atoms with Crippen molar-refractivity contribution in [3.8, 4) is 0 Å². The zero-order valence-electron chi connectivity index (χ0n) is 11.3. The molecular formula is C16H22ClN. The molecule has 0 radical (unpaired) electrons. The first-order valence-electron chi connectivity index (χ1n) is 6.82. The van der Waals surface area contributed by atoms with Crippen LogP contribution in [-0.4, -0.2) is 12.6 Å². The van der Waals surface area contributed by atoms with Crippen LogP contribution >= 0.6 is 11.6 Å². The molecule has 2 rings (SSSR count). The van der Waals surface area contributed by atoms with Crippen LogP contribution in [-0.2, 0) is 0 Å². The van der Waals surface area contributed by atoms with Crippen molar-refractivity contribution in [2.24, 2.45) is 0 Å². The van der Waals surface area contributed by atoms with E-state index in [1.54, 1.807) is 0 Å². The highest BCUT2D eigenvalue weighted by atomic mass is 35.5. The van der Waals surface area contributed by atoms with Crippen LogP contribution < -0.4 is 5.32 Å². The molecule has 1 unspecified atom stereocenters. The molecule has 1 atom stereocenters. The molecule has 98 valence electrons. The third-order valence-corrected chi connectivity index (χ3v) is 3.87. The van der Waals surface area contributed by atoms with Gasteiger partial charge >= 0.3 is 0 Å². The molecule has 1 saturated heterocycles. The Morgan fingerprint density at radius 1 is 1.44 bits per heavy atom. The molecular weight excluding hydrogens is 242 g/mol. The smallest absolute Gasteiger partial charge is 0.0480 e. The molecule has 0 aromatic heterocycles. The molecule has 0 amide bonds. The number of rotatable bonds is 3. The Morgan fingerprint density at radius 2 is 2.28 bits per heavy atom. The van der Waals surface area contributed by atoms with Crippen LogP contribution in [0.2, 0.25) is 5.02 Å². The fraction of sp³-hybridized carbons (Fsp3) is 0.500. The van der Waals surface area contributed by atoms with Crippen molar-refractivity contribution in [2.75, 3.05) is 6.54 Å². The number of benzene rings is 1. The Balaban J connectivity index is 2.02. The second-order valence-electron chi connectivity index (χ2n) is 5.37. The predicted octanol–water partition coefficient (Wildman–Crippen LogP) is 4.58. The van der Waals surface area contributed by atoms with Gasteiger partial charge in [0.25, 0.3) is 0 Å². The maximum atomic E-state index is 6.26. The first kappa shape index (κ1) is 13.6. The molecule has 1 N–H and O–H groups in total. The van der Waals surface area contributed by atoms with Gasteiger partial charge in [0.05, 0.1) is 0 Å². The molecule has 0 saturated carbocycles. The number of hydrogen-bond donors (Lipinski definition) is 1. The maximum Gasteiger partial charge on any atom is 0.0480 e. The zero-order valence-corrected chi connectivity index (χ0v) is 12.1. The van der Waals surface area contributed by atoms with E-state index >= 15 is 0 Å². The van der Waals surface area contributed by atoms with E-state index in [1.165, 1.54) is 36.9 Å². The molecule has 2 heteroatoms. The van der Waals surface area contributed by atoms with Crippen molar-refractivity contribution in [3.05, 3.63) is 39.9 Å². The van der Waals surface area contributed by atoms with Crippen LogP contribution in [0.1, 0.15) is 43.7 Å². The first-order valence-corrected chi connectivity index (χ1v) is 7.19. The molecule has 0 aliphatic carbocycles. The first-order chi connectivity index (χ1) is 8.65. The van der Waals surface area contributed by atoms with Gasteiger partial charge in [0.2, 0.25) is 0 Å². The lowest BCUT2D eigenvalue weighted by atomic mass is 9.97. The molecule has 0 spiro atoms. The molecule has 1 fully saturated rings. The van der Waals surface area contributed by atoms with Crippen molar-refractivity contribution in [1.29, 1.82) is 0 Å². The van der Waals surface area contributed by atoms with Crippen LogP contribution in [0, 0.1) is 6.92 Å². The van der Waals surface area contributed by atoms with Gasteiger partial charge in [-0.2, -0.15) is 0 Å². The second kappa shape index (κ2) is 6.40. The summed E-state index contributed by atoms with van der Waals surface area (Å²) >= 11 is 6.26. The summed E-state index contributed by atoms with van der Waals surface area (Å²) in [6.07, 6.45) is 7.33. The van der Waals surface area contributed by atoms with Gasteiger partial charge < -0.3 is 5.32 Å². The zero-order chi connectivity index (χ0) is 13.0. The highest BCUT2D eigenvalue weighted by Crippen LogP contribution is 2.22. The summed E-state index contributed by atoms with van der Waals surface area (Å²) in [6, 6.07) is 6.90. The largest absolute Gasteiger partial charge is 0.314 e. The van der Waals surface area contributed by atoms with Gasteiger partial charge in [-0.1, -0.05) is 41.8 Å². The monoisotopic (exact) mass is 263 g/mol. The van der Waals surface area contributed by atoms with Gasteiger partial charge in [0.15, 0.2) is 0 Å². The Bertz CT molecular complexity index is 431. The van der Waals surface area contributed by atoms with Crippen molar-refractivity contribution in [2.45, 2.75) is 45.6 Å². The highest BCUT2D eigenvalue weighted by molar-refractivity contribution is 6.32. The SMILES string of the molecule is C/C(=C/c1ccc(C)cc1Cl)CC1CCCCN1. The highest BCUT2D eigenvalue weighted by Gasteiger charge is 2.12. The van der Waals surface area contributed by atoms with Gasteiger partial charge in [-0.15, -0.1) is 0 Å². The molecule has 18 heavy (non-hydrogen) atoms. The number of aryl methyl sites for hydroxylation is 1. The van der Waals surface area contributed by atoms with Crippen molar-refractivity contribution < 1.29 is 0 Å². The fourth-order valence-corrected chi connectivity index (χ4v) is 2.85. The second-order valence-corrected chi connectivity index (χ2v) is 5.77. The van der Waals surface area contributed by atoms with Crippen LogP contribution in [0.4, 0.5) is 0 Å². The minimum atomic E-state index is 0.652. The van der Waals surface area contributed by atoms with Gasteiger partial charge in [-0.05, 0) is 56.8 Å². The van der Waals surface area contributed by atoms with Crippen molar-refractivity contribution in [3.63, 3.8) is 0 Å².